The van der Waals surface area contributed by atoms with Crippen LogP contribution in [0.5, 0.6) is 0 Å². The van der Waals surface area contributed by atoms with Gasteiger partial charge in [-0.15, -0.1) is 10.2 Å². The number of rotatable bonds is 2. The van der Waals surface area contributed by atoms with Gasteiger partial charge in [0.25, 0.3) is 6.29 Å². The summed E-state index contributed by atoms with van der Waals surface area (Å²) >= 11 is 0. The summed E-state index contributed by atoms with van der Waals surface area (Å²) < 4.78 is 0. The van der Waals surface area contributed by atoms with E-state index in [1.165, 1.54) is 14.1 Å². The molecule has 0 bridgehead atoms. The molecule has 0 aliphatic carbocycles. The van der Waals surface area contributed by atoms with Crippen molar-refractivity contribution in [2.45, 2.75) is 6.29 Å². The van der Waals surface area contributed by atoms with E-state index in [4.69, 9.17) is 0 Å². The lowest BCUT2D eigenvalue weighted by molar-refractivity contribution is -0.144. The summed E-state index contributed by atoms with van der Waals surface area (Å²) in [6.07, 6.45) is 0.247. The van der Waals surface area contributed by atoms with E-state index in [1.54, 1.807) is 0 Å². The maximum absolute atomic E-state index is 11.8. The number of aliphatic imine (C=N–C) groups is 1. The lowest BCUT2D eigenvalue weighted by Crippen LogP contribution is -2.57. The van der Waals surface area contributed by atoms with Gasteiger partial charge in [0.1, 0.15) is 0 Å². The number of hydrogen-bond donors (Lipinski definition) is 0. The Morgan fingerprint density at radius 3 is 2.06 bits per heavy atom. The topological polar surface area (TPSA) is 119 Å². The summed E-state index contributed by atoms with van der Waals surface area (Å²) in [5.41, 5.74) is 0. The minimum Gasteiger partial charge on any atom is -0.273 e. The molecule has 0 radical (unpaired) electrons. The summed E-state index contributed by atoms with van der Waals surface area (Å²) in [6.45, 7) is 0. The first-order valence-corrected chi connectivity index (χ1v) is 4.94. The predicted octanol–water partition coefficient (Wildman–Crippen LogP) is -0.160. The Labute approximate surface area is 101 Å². The number of amides is 4. The molecule has 1 fully saturated rings. The van der Waals surface area contributed by atoms with Crippen LogP contribution in [0, 0.1) is 5.92 Å². The molecule has 0 aromatic carbocycles. The maximum atomic E-state index is 11.8. The van der Waals surface area contributed by atoms with Crippen LogP contribution in [0.3, 0.4) is 0 Å². The Balaban J connectivity index is 2.18. The van der Waals surface area contributed by atoms with Crippen LogP contribution < -0.4 is 0 Å². The summed E-state index contributed by atoms with van der Waals surface area (Å²) in [6, 6.07) is -0.671. The van der Waals surface area contributed by atoms with E-state index in [0.717, 1.165) is 16.0 Å². The number of barbiturate groups is 1. The first-order valence-electron chi connectivity index (χ1n) is 4.94. The molecule has 4 amide bonds. The number of urea groups is 1. The van der Waals surface area contributed by atoms with Gasteiger partial charge in [0.15, 0.2) is 5.92 Å². The molecule has 0 aromatic heterocycles. The van der Waals surface area contributed by atoms with Crippen molar-refractivity contribution in [3.8, 4) is 0 Å². The monoisotopic (exact) mass is 251 g/mol. The van der Waals surface area contributed by atoms with Gasteiger partial charge in [0, 0.05) is 20.3 Å². The van der Waals surface area contributed by atoms with Crippen LogP contribution in [0.4, 0.5) is 4.79 Å². The third-order valence-electron chi connectivity index (χ3n) is 2.49. The van der Waals surface area contributed by atoms with Gasteiger partial charge in [-0.05, 0) is 10.4 Å². The summed E-state index contributed by atoms with van der Waals surface area (Å²) in [7, 11) is 2.59. The smallest absolute Gasteiger partial charge is 0.273 e. The Morgan fingerprint density at radius 1 is 1.06 bits per heavy atom. The third-order valence-corrected chi connectivity index (χ3v) is 2.49. The van der Waals surface area contributed by atoms with Gasteiger partial charge in [0.05, 0.1) is 0 Å². The molecule has 0 atom stereocenters. The molecule has 10 heteroatoms. The molecule has 0 spiro atoms. The highest BCUT2D eigenvalue weighted by molar-refractivity contribution is 6.23. The third kappa shape index (κ3) is 1.87. The second-order valence-electron chi connectivity index (χ2n) is 3.61. The highest BCUT2D eigenvalue weighted by atomic mass is 16.2. The molecular weight excluding hydrogens is 242 g/mol. The minimum atomic E-state index is -1.15. The summed E-state index contributed by atoms with van der Waals surface area (Å²) in [5.74, 6) is -2.43. The summed E-state index contributed by atoms with van der Waals surface area (Å²) in [5, 5.41) is 13.5. The molecule has 94 valence electrons. The van der Waals surface area contributed by atoms with E-state index in [1.807, 2.05) is 0 Å². The number of hydrogen-bond acceptors (Lipinski definition) is 8. The molecule has 0 saturated carbocycles. The number of imide groups is 2. The van der Waals surface area contributed by atoms with Crippen LogP contribution in [-0.2, 0) is 9.59 Å². The number of nitrogens with zero attached hydrogens (tertiary/aromatic N) is 7. The van der Waals surface area contributed by atoms with Gasteiger partial charge >= 0.3 is 6.03 Å². The van der Waals surface area contributed by atoms with Crippen LogP contribution in [0.25, 0.3) is 0 Å². The van der Waals surface area contributed by atoms with Crippen molar-refractivity contribution in [1.29, 1.82) is 0 Å². The van der Waals surface area contributed by atoms with Crippen LogP contribution in [0.2, 0.25) is 0 Å². The van der Waals surface area contributed by atoms with Crippen LogP contribution in [0.1, 0.15) is 0 Å². The fourth-order valence-electron chi connectivity index (χ4n) is 1.45. The molecule has 0 N–H and O–H groups in total. The first-order chi connectivity index (χ1) is 8.52. The van der Waals surface area contributed by atoms with Gasteiger partial charge in [-0.25, -0.2) is 9.79 Å². The van der Waals surface area contributed by atoms with E-state index >= 15 is 0 Å². The van der Waals surface area contributed by atoms with Gasteiger partial charge in [-0.2, -0.15) is 0 Å². The molecule has 2 heterocycles. The van der Waals surface area contributed by atoms with E-state index in [2.05, 4.69) is 25.7 Å². The number of carbonyl (C=O) groups is 3. The second kappa shape index (κ2) is 4.39. The highest BCUT2D eigenvalue weighted by Crippen LogP contribution is 2.14. The molecule has 2 aliphatic heterocycles. The Kier molecular flexibility index (Phi) is 2.92. The average molecular weight is 251 g/mol. The highest BCUT2D eigenvalue weighted by Gasteiger charge is 2.41. The van der Waals surface area contributed by atoms with Crippen molar-refractivity contribution < 1.29 is 14.4 Å². The largest absolute Gasteiger partial charge is 0.332 e. The van der Waals surface area contributed by atoms with E-state index in [0.29, 0.717) is 0 Å². The van der Waals surface area contributed by atoms with Crippen molar-refractivity contribution in [2.24, 2.45) is 31.6 Å². The van der Waals surface area contributed by atoms with E-state index in [-0.39, 0.29) is 0 Å². The lowest BCUT2D eigenvalue weighted by atomic mass is 10.1. The van der Waals surface area contributed by atoms with Crippen LogP contribution in [-0.4, -0.2) is 54.2 Å². The first kappa shape index (κ1) is 12.0. The van der Waals surface area contributed by atoms with Crippen molar-refractivity contribution >= 4 is 24.1 Å². The van der Waals surface area contributed by atoms with Gasteiger partial charge in [0.2, 0.25) is 11.8 Å². The molecule has 0 aromatic rings. The minimum absolute atomic E-state index is 0.640. The summed E-state index contributed by atoms with van der Waals surface area (Å²) in [4.78, 5) is 40.5. The number of carbonyl (C=O) groups excluding carboxylic acids is 3. The standard InChI is InChI=1S/C8H9N7O3/c1-14-5(16)4(6(17)15(2)8(14)18)3-9-7-10-12-13-11-7/h3-4,7H,1-2H3. The molecular formula is C8H9N7O3. The van der Waals surface area contributed by atoms with Crippen molar-refractivity contribution in [3.05, 3.63) is 0 Å². The Hall–Kier alpha value is -2.52. The molecule has 2 rings (SSSR count). The molecule has 1 saturated heterocycles. The zero-order chi connectivity index (χ0) is 13.3. The van der Waals surface area contributed by atoms with Crippen LogP contribution in [0.15, 0.2) is 25.7 Å². The molecule has 2 aliphatic rings. The second-order valence-corrected chi connectivity index (χ2v) is 3.61. The van der Waals surface area contributed by atoms with Gasteiger partial charge < -0.3 is 0 Å². The Bertz CT molecular complexity index is 461. The molecule has 0 unspecified atom stereocenters. The fourth-order valence-corrected chi connectivity index (χ4v) is 1.45. The van der Waals surface area contributed by atoms with E-state index in [9.17, 15) is 14.4 Å². The zero-order valence-electron chi connectivity index (χ0n) is 9.59. The van der Waals surface area contributed by atoms with Crippen LogP contribution >= 0.6 is 0 Å². The van der Waals surface area contributed by atoms with E-state index < -0.39 is 30.1 Å². The van der Waals surface area contributed by atoms with Crippen molar-refractivity contribution in [2.75, 3.05) is 14.1 Å². The van der Waals surface area contributed by atoms with Crippen molar-refractivity contribution in [1.82, 2.24) is 9.80 Å². The lowest BCUT2D eigenvalue weighted by Gasteiger charge is -2.31. The SMILES string of the molecule is CN1C(=O)C(C=NC2N=NN=N2)C(=O)N(C)C1=O. The quantitative estimate of drug-likeness (QED) is 0.500. The fraction of sp³-hybridized carbons (Fsp3) is 0.500. The predicted molar refractivity (Wildman–Crippen MR) is 56.4 cm³/mol. The van der Waals surface area contributed by atoms with Gasteiger partial charge in [-0.1, -0.05) is 0 Å². The molecule has 18 heavy (non-hydrogen) atoms. The molecule has 10 nitrogen and oxygen atoms in total. The maximum Gasteiger partial charge on any atom is 0.332 e. The van der Waals surface area contributed by atoms with Gasteiger partial charge in [-0.3, -0.25) is 19.4 Å². The van der Waals surface area contributed by atoms with Crippen molar-refractivity contribution in [3.63, 3.8) is 0 Å². The Morgan fingerprint density at radius 2 is 1.56 bits per heavy atom. The zero-order valence-corrected chi connectivity index (χ0v) is 9.59. The average Bonchev–Trinajstić information content (AvgIpc) is 2.87. The normalized spacial score (nSPS) is 22.0.